The Morgan fingerprint density at radius 2 is 2.11 bits per heavy atom. The van der Waals surface area contributed by atoms with Crippen LogP contribution in [0.25, 0.3) is 11.1 Å². The van der Waals surface area contributed by atoms with Gasteiger partial charge in [-0.15, -0.1) is 0 Å². The number of para-hydroxylation sites is 2. The second-order valence-electron chi connectivity index (χ2n) is 4.19. The summed E-state index contributed by atoms with van der Waals surface area (Å²) >= 11 is 0. The lowest BCUT2D eigenvalue weighted by atomic mass is 10.3. The summed E-state index contributed by atoms with van der Waals surface area (Å²) in [4.78, 5) is 16.2. The maximum atomic E-state index is 11.8. The second-order valence-corrected chi connectivity index (χ2v) is 4.19. The lowest BCUT2D eigenvalue weighted by molar-refractivity contribution is 0.0906. The average Bonchev–Trinajstić information content (AvgIpc) is 3.07. The molecule has 0 radical (unpaired) electrons. The predicted octanol–water partition coefficient (Wildman–Crippen LogP) is 2.91. The highest BCUT2D eigenvalue weighted by molar-refractivity contribution is 5.91. The fraction of sp³-hybridized carbons (Fsp3) is 0.143. The van der Waals surface area contributed by atoms with E-state index < -0.39 is 0 Å². The molecule has 5 heteroatoms. The van der Waals surface area contributed by atoms with Crippen molar-refractivity contribution in [1.29, 1.82) is 0 Å². The Morgan fingerprint density at radius 3 is 2.84 bits per heavy atom. The molecule has 1 aromatic carbocycles. The van der Waals surface area contributed by atoms with Gasteiger partial charge in [0.15, 0.2) is 11.3 Å². The summed E-state index contributed by atoms with van der Waals surface area (Å²) in [6, 6.07) is 10.4. The summed E-state index contributed by atoms with van der Waals surface area (Å²) in [5, 5.41) is 2.77. The van der Waals surface area contributed by atoms with E-state index in [0.29, 0.717) is 11.5 Å². The zero-order valence-electron chi connectivity index (χ0n) is 10.3. The van der Waals surface area contributed by atoms with Gasteiger partial charge in [-0.2, -0.15) is 0 Å². The Kier molecular flexibility index (Phi) is 2.79. The van der Waals surface area contributed by atoms with Crippen molar-refractivity contribution in [2.75, 3.05) is 0 Å². The molecule has 96 valence electrons. The zero-order valence-corrected chi connectivity index (χ0v) is 10.3. The largest absolute Gasteiger partial charge is 0.459 e. The summed E-state index contributed by atoms with van der Waals surface area (Å²) in [7, 11) is 0. The van der Waals surface area contributed by atoms with Gasteiger partial charge in [-0.05, 0) is 31.2 Å². The maximum Gasteiger partial charge on any atom is 0.287 e. The third-order valence-electron chi connectivity index (χ3n) is 2.77. The minimum atomic E-state index is -0.329. The summed E-state index contributed by atoms with van der Waals surface area (Å²) in [5.74, 6) is 0.448. The lowest BCUT2D eigenvalue weighted by Gasteiger charge is -2.08. The molecule has 0 aliphatic rings. The molecule has 3 rings (SSSR count). The number of carbonyl (C=O) groups excluding carboxylic acids is 1. The molecule has 0 bridgehead atoms. The minimum Gasteiger partial charge on any atom is -0.459 e. The van der Waals surface area contributed by atoms with Crippen molar-refractivity contribution in [3.05, 3.63) is 54.3 Å². The molecule has 2 heterocycles. The number of aromatic nitrogens is 1. The molecule has 0 fully saturated rings. The van der Waals surface area contributed by atoms with Crippen LogP contribution in [-0.4, -0.2) is 10.9 Å². The van der Waals surface area contributed by atoms with Crippen LogP contribution >= 0.6 is 0 Å². The van der Waals surface area contributed by atoms with Crippen LogP contribution in [0.2, 0.25) is 0 Å². The van der Waals surface area contributed by atoms with E-state index in [1.54, 1.807) is 12.1 Å². The first kappa shape index (κ1) is 11.5. The second kappa shape index (κ2) is 4.61. The van der Waals surface area contributed by atoms with Gasteiger partial charge < -0.3 is 14.2 Å². The number of nitrogens with one attached hydrogen (secondary N) is 1. The minimum absolute atomic E-state index is 0.267. The van der Waals surface area contributed by atoms with Crippen LogP contribution in [0.15, 0.2) is 51.5 Å². The highest BCUT2D eigenvalue weighted by Crippen LogP contribution is 2.19. The molecule has 19 heavy (non-hydrogen) atoms. The highest BCUT2D eigenvalue weighted by atomic mass is 16.4. The van der Waals surface area contributed by atoms with Crippen LogP contribution in [0.3, 0.4) is 0 Å². The van der Waals surface area contributed by atoms with Gasteiger partial charge in [0.1, 0.15) is 11.6 Å². The van der Waals surface area contributed by atoms with Gasteiger partial charge >= 0.3 is 0 Å². The van der Waals surface area contributed by atoms with Gasteiger partial charge in [-0.1, -0.05) is 12.1 Å². The molecule has 3 aromatic rings. The average molecular weight is 256 g/mol. The number of amides is 1. The van der Waals surface area contributed by atoms with Crippen molar-refractivity contribution >= 4 is 17.0 Å². The zero-order chi connectivity index (χ0) is 13.2. The molecule has 0 spiro atoms. The van der Waals surface area contributed by atoms with Crippen LogP contribution in [0.4, 0.5) is 0 Å². The van der Waals surface area contributed by atoms with Gasteiger partial charge in [-0.3, -0.25) is 4.79 Å². The number of furan rings is 1. The quantitative estimate of drug-likeness (QED) is 0.782. The van der Waals surface area contributed by atoms with Gasteiger partial charge in [0, 0.05) is 0 Å². The molecular weight excluding hydrogens is 244 g/mol. The standard InChI is InChI=1S/C14H12N2O3/c1-9(15-13(17)12-7-4-8-18-12)14-16-10-5-2-3-6-11(10)19-14/h2-9H,1H3,(H,15,17). The van der Waals surface area contributed by atoms with Gasteiger partial charge in [0.05, 0.1) is 6.26 Å². The Bertz CT molecular complexity index is 667. The SMILES string of the molecule is CC(NC(=O)c1ccco1)c1nc2ccccc2o1. The van der Waals surface area contributed by atoms with Crippen LogP contribution < -0.4 is 5.32 Å². The Labute approximate surface area is 109 Å². The van der Waals surface area contributed by atoms with Gasteiger partial charge in [-0.25, -0.2) is 4.98 Å². The summed E-state index contributed by atoms with van der Waals surface area (Å²) in [6.07, 6.45) is 1.46. The van der Waals surface area contributed by atoms with Crippen molar-refractivity contribution in [2.45, 2.75) is 13.0 Å². The van der Waals surface area contributed by atoms with Gasteiger partial charge in [0.2, 0.25) is 5.89 Å². The first-order valence-corrected chi connectivity index (χ1v) is 5.94. The Hall–Kier alpha value is -2.56. The molecule has 0 aliphatic heterocycles. The monoisotopic (exact) mass is 256 g/mol. The highest BCUT2D eigenvalue weighted by Gasteiger charge is 2.17. The first-order valence-electron chi connectivity index (χ1n) is 5.94. The first-order chi connectivity index (χ1) is 9.24. The maximum absolute atomic E-state index is 11.8. The molecule has 1 atom stereocenters. The fourth-order valence-corrected chi connectivity index (χ4v) is 1.81. The molecule has 0 saturated heterocycles. The van der Waals surface area contributed by atoms with Crippen molar-refractivity contribution in [3.63, 3.8) is 0 Å². The molecule has 5 nitrogen and oxygen atoms in total. The number of carbonyl (C=O) groups is 1. The van der Waals surface area contributed by atoms with E-state index in [1.807, 2.05) is 31.2 Å². The summed E-state index contributed by atoms with van der Waals surface area (Å²) < 4.78 is 10.6. The number of hydrogen-bond acceptors (Lipinski definition) is 4. The van der Waals surface area contributed by atoms with E-state index >= 15 is 0 Å². The smallest absolute Gasteiger partial charge is 0.287 e. The van der Waals surface area contributed by atoms with Crippen LogP contribution in [-0.2, 0) is 0 Å². The topological polar surface area (TPSA) is 68.3 Å². The number of nitrogens with zero attached hydrogens (tertiary/aromatic N) is 1. The molecular formula is C14H12N2O3. The number of fused-ring (bicyclic) bond motifs is 1. The Morgan fingerprint density at radius 1 is 1.26 bits per heavy atom. The van der Waals surface area contributed by atoms with E-state index in [4.69, 9.17) is 8.83 Å². The van der Waals surface area contributed by atoms with E-state index in [2.05, 4.69) is 10.3 Å². The van der Waals surface area contributed by atoms with Gasteiger partial charge in [0.25, 0.3) is 5.91 Å². The van der Waals surface area contributed by atoms with Crippen LogP contribution in [0, 0.1) is 0 Å². The third-order valence-corrected chi connectivity index (χ3v) is 2.77. The third kappa shape index (κ3) is 2.22. The van der Waals surface area contributed by atoms with E-state index in [0.717, 1.165) is 5.52 Å². The normalized spacial score (nSPS) is 12.5. The van der Waals surface area contributed by atoms with E-state index in [-0.39, 0.29) is 17.7 Å². The summed E-state index contributed by atoms with van der Waals surface area (Å²) in [6.45, 7) is 1.81. The van der Waals surface area contributed by atoms with Crippen LogP contribution in [0.5, 0.6) is 0 Å². The molecule has 0 aliphatic carbocycles. The number of benzene rings is 1. The molecule has 0 saturated carbocycles. The molecule has 1 amide bonds. The number of oxazole rings is 1. The predicted molar refractivity (Wildman–Crippen MR) is 68.6 cm³/mol. The summed E-state index contributed by atoms with van der Waals surface area (Å²) in [5.41, 5.74) is 1.48. The number of rotatable bonds is 3. The van der Waals surface area contributed by atoms with Crippen molar-refractivity contribution in [2.24, 2.45) is 0 Å². The van der Waals surface area contributed by atoms with Crippen molar-refractivity contribution in [3.8, 4) is 0 Å². The van der Waals surface area contributed by atoms with E-state index in [1.165, 1.54) is 6.26 Å². The van der Waals surface area contributed by atoms with Crippen molar-refractivity contribution in [1.82, 2.24) is 10.3 Å². The van der Waals surface area contributed by atoms with Crippen LogP contribution in [0.1, 0.15) is 29.4 Å². The van der Waals surface area contributed by atoms with E-state index in [9.17, 15) is 4.79 Å². The lowest BCUT2D eigenvalue weighted by Crippen LogP contribution is -2.26. The number of hydrogen-bond donors (Lipinski definition) is 1. The molecule has 2 aromatic heterocycles. The molecule has 1 unspecified atom stereocenters. The Balaban J connectivity index is 1.80. The fourth-order valence-electron chi connectivity index (χ4n) is 1.81. The van der Waals surface area contributed by atoms with Crippen molar-refractivity contribution < 1.29 is 13.6 Å². The molecule has 1 N–H and O–H groups in total.